The fraction of sp³-hybridized carbons (Fsp3) is 0.348. The summed E-state index contributed by atoms with van der Waals surface area (Å²) in [7, 11) is 0. The summed E-state index contributed by atoms with van der Waals surface area (Å²) in [5, 5.41) is 11.8. The fourth-order valence-electron chi connectivity index (χ4n) is 4.45. The van der Waals surface area contributed by atoms with Gasteiger partial charge in [-0.05, 0) is 44.9 Å². The molecule has 3 aromatic rings. The number of benzene rings is 1. The number of pyridine rings is 1. The van der Waals surface area contributed by atoms with Gasteiger partial charge in [0, 0.05) is 30.4 Å². The number of carbonyl (C=O) groups is 2. The minimum Gasteiger partial charge on any atom is -0.454 e. The first-order chi connectivity index (χ1) is 15.5. The van der Waals surface area contributed by atoms with Gasteiger partial charge in [-0.1, -0.05) is 12.1 Å². The summed E-state index contributed by atoms with van der Waals surface area (Å²) in [5.41, 5.74) is 2.52. The van der Waals surface area contributed by atoms with Crippen molar-refractivity contribution in [2.24, 2.45) is 0 Å². The van der Waals surface area contributed by atoms with E-state index in [2.05, 4.69) is 27.4 Å². The van der Waals surface area contributed by atoms with E-state index < -0.39 is 0 Å². The van der Waals surface area contributed by atoms with Crippen LogP contribution in [-0.4, -0.2) is 55.4 Å². The Labute approximate surface area is 185 Å². The second-order valence-electron chi connectivity index (χ2n) is 8.23. The van der Waals surface area contributed by atoms with Crippen LogP contribution in [0.25, 0.3) is 5.69 Å². The van der Waals surface area contributed by atoms with Gasteiger partial charge in [-0.3, -0.25) is 4.79 Å². The largest absolute Gasteiger partial charge is 0.454 e. The van der Waals surface area contributed by atoms with Crippen LogP contribution in [0, 0.1) is 0 Å². The Balaban J connectivity index is 1.39. The zero-order valence-corrected chi connectivity index (χ0v) is 17.9. The number of hydrogen-bond donors (Lipinski definition) is 1. The SMILES string of the molecule is CC1OC(=O)c2c1ccnc2NC1CCC(C)N(C(=O)c2ccccc2-n2nccn2)C1. The summed E-state index contributed by atoms with van der Waals surface area (Å²) in [6.07, 6.45) is 6.27. The zero-order valence-electron chi connectivity index (χ0n) is 17.9. The molecule has 2 aliphatic heterocycles. The van der Waals surface area contributed by atoms with E-state index in [-0.39, 0.29) is 30.1 Å². The lowest BCUT2D eigenvalue weighted by molar-refractivity contribution is 0.0421. The molecule has 0 saturated carbocycles. The molecule has 1 N–H and O–H groups in total. The lowest BCUT2D eigenvalue weighted by Gasteiger charge is -2.38. The van der Waals surface area contributed by atoms with Crippen LogP contribution in [0.5, 0.6) is 0 Å². The van der Waals surface area contributed by atoms with Crippen LogP contribution in [0.3, 0.4) is 0 Å². The topological polar surface area (TPSA) is 102 Å². The predicted molar refractivity (Wildman–Crippen MR) is 117 cm³/mol. The molecule has 3 unspecified atom stereocenters. The highest BCUT2D eigenvalue weighted by Crippen LogP contribution is 2.34. The number of rotatable bonds is 4. The average molecular weight is 432 g/mol. The van der Waals surface area contributed by atoms with Crippen molar-refractivity contribution in [1.82, 2.24) is 24.9 Å². The molecule has 4 heterocycles. The van der Waals surface area contributed by atoms with Crippen LogP contribution in [0.1, 0.15) is 59.1 Å². The summed E-state index contributed by atoms with van der Waals surface area (Å²) >= 11 is 0. The number of anilines is 1. The minimum absolute atomic E-state index is 0.0344. The number of hydrogen-bond acceptors (Lipinski definition) is 7. The molecule has 2 aromatic heterocycles. The number of para-hydroxylation sites is 1. The number of fused-ring (bicyclic) bond motifs is 1. The van der Waals surface area contributed by atoms with Gasteiger partial charge in [0.2, 0.25) is 0 Å². The van der Waals surface area contributed by atoms with E-state index in [1.807, 2.05) is 36.1 Å². The van der Waals surface area contributed by atoms with Gasteiger partial charge >= 0.3 is 5.97 Å². The normalized spacial score (nSPS) is 22.4. The van der Waals surface area contributed by atoms with Crippen LogP contribution < -0.4 is 5.32 Å². The Bertz CT molecular complexity index is 1160. The number of esters is 1. The molecule has 1 amide bonds. The summed E-state index contributed by atoms with van der Waals surface area (Å²) in [5.74, 6) is 0.0852. The smallest absolute Gasteiger partial charge is 0.342 e. The number of nitrogens with one attached hydrogen (secondary N) is 1. The molecule has 5 rings (SSSR count). The molecular formula is C23H24N6O3. The predicted octanol–water partition coefficient (Wildman–Crippen LogP) is 3.00. The number of likely N-dealkylation sites (tertiary alicyclic amines) is 1. The van der Waals surface area contributed by atoms with Gasteiger partial charge in [0.25, 0.3) is 5.91 Å². The van der Waals surface area contributed by atoms with Crippen molar-refractivity contribution in [3.8, 4) is 5.69 Å². The van der Waals surface area contributed by atoms with Crippen LogP contribution in [0.4, 0.5) is 5.82 Å². The molecule has 0 aliphatic carbocycles. The average Bonchev–Trinajstić information content (AvgIpc) is 3.44. The lowest BCUT2D eigenvalue weighted by atomic mass is 9.97. The first-order valence-electron chi connectivity index (χ1n) is 10.8. The number of nitrogens with zero attached hydrogens (tertiary/aromatic N) is 5. The third-order valence-corrected chi connectivity index (χ3v) is 6.16. The van der Waals surface area contributed by atoms with Gasteiger partial charge in [-0.2, -0.15) is 15.0 Å². The van der Waals surface area contributed by atoms with Crippen molar-refractivity contribution in [2.45, 2.75) is 44.9 Å². The third kappa shape index (κ3) is 3.49. The third-order valence-electron chi connectivity index (χ3n) is 6.16. The Morgan fingerprint density at radius 1 is 1.09 bits per heavy atom. The number of amides is 1. The van der Waals surface area contributed by atoms with Gasteiger partial charge in [0.1, 0.15) is 17.5 Å². The van der Waals surface area contributed by atoms with E-state index in [9.17, 15) is 9.59 Å². The van der Waals surface area contributed by atoms with E-state index in [0.29, 0.717) is 29.2 Å². The molecule has 164 valence electrons. The summed E-state index contributed by atoms with van der Waals surface area (Å²) < 4.78 is 5.35. The molecule has 3 atom stereocenters. The number of carbonyl (C=O) groups excluding carboxylic acids is 2. The summed E-state index contributed by atoms with van der Waals surface area (Å²) in [6.45, 7) is 4.40. The maximum Gasteiger partial charge on any atom is 0.342 e. The van der Waals surface area contributed by atoms with E-state index in [4.69, 9.17) is 4.74 Å². The van der Waals surface area contributed by atoms with Crippen molar-refractivity contribution in [3.05, 3.63) is 65.6 Å². The van der Waals surface area contributed by atoms with E-state index >= 15 is 0 Å². The number of cyclic esters (lactones) is 1. The van der Waals surface area contributed by atoms with Crippen LogP contribution in [-0.2, 0) is 4.74 Å². The molecule has 32 heavy (non-hydrogen) atoms. The molecule has 1 aromatic carbocycles. The van der Waals surface area contributed by atoms with Gasteiger partial charge in [-0.15, -0.1) is 0 Å². The fourth-order valence-corrected chi connectivity index (χ4v) is 4.45. The number of piperidine rings is 1. The highest BCUT2D eigenvalue weighted by Gasteiger charge is 2.34. The quantitative estimate of drug-likeness (QED) is 0.632. The second kappa shape index (κ2) is 8.07. The van der Waals surface area contributed by atoms with Crippen molar-refractivity contribution in [3.63, 3.8) is 0 Å². The van der Waals surface area contributed by atoms with Crippen molar-refractivity contribution < 1.29 is 14.3 Å². The summed E-state index contributed by atoms with van der Waals surface area (Å²) in [4.78, 5) is 33.6. The standard InChI is InChI=1S/C23H24N6O3/c1-14-7-8-16(27-21-20-17(9-10-24-21)15(2)32-23(20)31)13-28(14)22(30)18-5-3-4-6-19(18)29-25-11-12-26-29/h3-6,9-12,14-16H,7-8,13H2,1-2H3,(H,24,27). The second-order valence-corrected chi connectivity index (χ2v) is 8.23. The van der Waals surface area contributed by atoms with Gasteiger partial charge in [0.15, 0.2) is 0 Å². The van der Waals surface area contributed by atoms with Crippen molar-refractivity contribution >= 4 is 17.7 Å². The van der Waals surface area contributed by atoms with E-state index in [1.165, 1.54) is 4.80 Å². The van der Waals surface area contributed by atoms with Gasteiger partial charge in [-0.25, -0.2) is 9.78 Å². The monoisotopic (exact) mass is 432 g/mol. The highest BCUT2D eigenvalue weighted by molar-refractivity contribution is 5.99. The van der Waals surface area contributed by atoms with Crippen LogP contribution >= 0.6 is 0 Å². The van der Waals surface area contributed by atoms with Crippen LogP contribution in [0.2, 0.25) is 0 Å². The van der Waals surface area contributed by atoms with Crippen molar-refractivity contribution in [2.75, 3.05) is 11.9 Å². The molecular weight excluding hydrogens is 408 g/mol. The Morgan fingerprint density at radius 3 is 2.69 bits per heavy atom. The first kappa shape index (κ1) is 20.2. The lowest BCUT2D eigenvalue weighted by Crippen LogP contribution is -2.50. The maximum absolute atomic E-state index is 13.5. The number of aromatic nitrogens is 4. The Morgan fingerprint density at radius 2 is 1.88 bits per heavy atom. The maximum atomic E-state index is 13.5. The molecule has 9 nitrogen and oxygen atoms in total. The molecule has 9 heteroatoms. The van der Waals surface area contributed by atoms with Crippen molar-refractivity contribution in [1.29, 1.82) is 0 Å². The van der Waals surface area contributed by atoms with E-state index in [0.717, 1.165) is 18.4 Å². The van der Waals surface area contributed by atoms with Gasteiger partial charge < -0.3 is 15.0 Å². The molecule has 1 saturated heterocycles. The molecule has 2 aliphatic rings. The molecule has 0 spiro atoms. The zero-order chi connectivity index (χ0) is 22.2. The summed E-state index contributed by atoms with van der Waals surface area (Å²) in [6, 6.07) is 9.20. The molecule has 0 bridgehead atoms. The molecule has 1 fully saturated rings. The molecule has 0 radical (unpaired) electrons. The Kier molecular flexibility index (Phi) is 5.08. The minimum atomic E-state index is -0.360. The van der Waals surface area contributed by atoms with Crippen LogP contribution in [0.15, 0.2) is 48.9 Å². The van der Waals surface area contributed by atoms with E-state index in [1.54, 1.807) is 24.7 Å². The Hall–Kier alpha value is -3.75. The highest BCUT2D eigenvalue weighted by atomic mass is 16.5. The van der Waals surface area contributed by atoms with Gasteiger partial charge in [0.05, 0.1) is 23.6 Å². The first-order valence-corrected chi connectivity index (χ1v) is 10.8. The number of ether oxygens (including phenoxy) is 1.